The summed E-state index contributed by atoms with van der Waals surface area (Å²) in [5, 5.41) is 15.9. The Morgan fingerprint density at radius 3 is 2.66 bits per heavy atom. The maximum absolute atomic E-state index is 12.2. The monoisotopic (exact) mass is 521 g/mol. The van der Waals surface area contributed by atoms with E-state index in [4.69, 9.17) is 16.2 Å². The molecule has 2 aromatic heterocycles. The lowest BCUT2D eigenvalue weighted by atomic mass is 9.92. The number of nitrogens with two attached hydrogens (primary N) is 2. The molecule has 2 atom stereocenters. The Balaban J connectivity index is 1.69. The minimum Gasteiger partial charge on any atom is -0.495 e. The van der Waals surface area contributed by atoms with Gasteiger partial charge in [-0.3, -0.25) is 25.5 Å². The lowest BCUT2D eigenvalue weighted by Gasteiger charge is -2.36. The number of anilines is 1. The van der Waals surface area contributed by atoms with Gasteiger partial charge in [-0.25, -0.2) is 4.98 Å². The van der Waals surface area contributed by atoms with Crippen LogP contribution in [0.15, 0.2) is 66.3 Å². The van der Waals surface area contributed by atoms with Gasteiger partial charge in [-0.05, 0) is 39.4 Å². The number of hydrogen-bond acceptors (Lipinski definition) is 10. The average molecular weight is 522 g/mol. The van der Waals surface area contributed by atoms with Crippen LogP contribution in [0.2, 0.25) is 0 Å². The summed E-state index contributed by atoms with van der Waals surface area (Å²) in [4.78, 5) is 36.3. The minimum absolute atomic E-state index is 0.153. The summed E-state index contributed by atoms with van der Waals surface area (Å²) in [6.07, 6.45) is 6.10. The van der Waals surface area contributed by atoms with Crippen LogP contribution >= 0.6 is 0 Å². The van der Waals surface area contributed by atoms with Crippen LogP contribution in [0.1, 0.15) is 10.4 Å². The number of likely N-dealkylation sites (N-methyl/N-ethyl adjacent to an activating group) is 2. The molecule has 200 valence electrons. The number of nitro groups is 1. The summed E-state index contributed by atoms with van der Waals surface area (Å²) in [7, 11) is 7.11. The van der Waals surface area contributed by atoms with Crippen molar-refractivity contribution in [2.75, 3.05) is 46.7 Å². The van der Waals surface area contributed by atoms with Crippen LogP contribution in [0.3, 0.4) is 0 Å². The van der Waals surface area contributed by atoms with Crippen LogP contribution in [0.5, 0.6) is 0 Å². The first kappa shape index (κ1) is 26.7. The van der Waals surface area contributed by atoms with Crippen molar-refractivity contribution in [3.8, 4) is 5.82 Å². The van der Waals surface area contributed by atoms with Crippen molar-refractivity contribution in [3.63, 3.8) is 0 Å². The Labute approximate surface area is 219 Å². The first-order valence-corrected chi connectivity index (χ1v) is 11.8. The van der Waals surface area contributed by atoms with Crippen molar-refractivity contribution < 1.29 is 14.5 Å². The van der Waals surface area contributed by atoms with Gasteiger partial charge >= 0.3 is 5.66 Å². The van der Waals surface area contributed by atoms with Crippen molar-refractivity contribution in [2.45, 2.75) is 11.7 Å². The molecule has 3 aromatic rings. The van der Waals surface area contributed by atoms with Gasteiger partial charge in [0.15, 0.2) is 0 Å². The Morgan fingerprint density at radius 2 is 2.00 bits per heavy atom. The Hall–Kier alpha value is -4.33. The molecule has 0 spiro atoms. The van der Waals surface area contributed by atoms with Gasteiger partial charge in [-0.2, -0.15) is 4.98 Å². The smallest absolute Gasteiger partial charge is 0.312 e. The highest BCUT2D eigenvalue weighted by atomic mass is 16.6. The zero-order valence-electron chi connectivity index (χ0n) is 21.7. The predicted molar refractivity (Wildman–Crippen MR) is 143 cm³/mol. The molecule has 0 aliphatic heterocycles. The number of ether oxygens (including phenoxy) is 1. The average Bonchev–Trinajstić information content (AvgIpc) is 3.28. The number of nitrogens with one attached hydrogen (secondary N) is 1. The van der Waals surface area contributed by atoms with Crippen LogP contribution in [-0.2, 0) is 4.74 Å². The summed E-state index contributed by atoms with van der Waals surface area (Å²) in [6, 6.07) is 8.23. The van der Waals surface area contributed by atoms with Gasteiger partial charge in [0.25, 0.3) is 5.91 Å². The van der Waals surface area contributed by atoms with Gasteiger partial charge < -0.3 is 25.3 Å². The van der Waals surface area contributed by atoms with E-state index in [0.29, 0.717) is 35.6 Å². The lowest BCUT2D eigenvalue weighted by Crippen LogP contribution is -2.62. The van der Waals surface area contributed by atoms with Crippen molar-refractivity contribution >= 4 is 22.8 Å². The van der Waals surface area contributed by atoms with Gasteiger partial charge in [0.05, 0.1) is 23.9 Å². The predicted octanol–water partition coefficient (Wildman–Crippen LogP) is 1.15. The first-order valence-electron chi connectivity index (χ1n) is 11.8. The number of nitrogens with zero attached hydrogens (tertiary/aromatic N) is 6. The van der Waals surface area contributed by atoms with E-state index in [0.717, 1.165) is 5.52 Å². The quantitative estimate of drug-likeness (QED) is 0.200. The molecular weight excluding hydrogens is 490 g/mol. The third-order valence-electron chi connectivity index (χ3n) is 6.45. The zero-order valence-corrected chi connectivity index (χ0v) is 21.7. The number of benzene rings is 1. The van der Waals surface area contributed by atoms with Crippen molar-refractivity contribution in [3.05, 3.63) is 82.0 Å². The second kappa shape index (κ2) is 10.6. The van der Waals surface area contributed by atoms with Gasteiger partial charge in [0, 0.05) is 41.9 Å². The van der Waals surface area contributed by atoms with Crippen LogP contribution < -0.4 is 16.8 Å². The van der Waals surface area contributed by atoms with E-state index in [9.17, 15) is 14.9 Å². The number of methoxy groups -OCH3 is 1. The molecule has 0 fully saturated rings. The largest absolute Gasteiger partial charge is 0.495 e. The molecule has 1 aliphatic carbocycles. The molecule has 2 unspecified atom stereocenters. The number of hydrogen-bond donors (Lipinski definition) is 3. The van der Waals surface area contributed by atoms with E-state index < -0.39 is 22.5 Å². The SMILES string of the molecule is COC1=CC(N(C)CCN(C)C)C(N)([N+](=O)[O-])C=C1Nc1nccc(-n2cc(C(N)=O)c3ccccc32)n1. The van der Waals surface area contributed by atoms with Gasteiger partial charge in [-0.1, -0.05) is 18.2 Å². The summed E-state index contributed by atoms with van der Waals surface area (Å²) < 4.78 is 7.29. The Morgan fingerprint density at radius 1 is 1.26 bits per heavy atom. The highest BCUT2D eigenvalue weighted by molar-refractivity contribution is 6.06. The standard InChI is InChI=1S/C25H31N9O4/c1-31(2)11-12-32(3)21-13-20(38-4)18(14-25(21,27)34(36)37)29-24-28-10-9-22(30-24)33-15-17(23(26)35)16-7-5-6-8-19(16)33/h5-10,13-15,21H,11-12,27H2,1-4H3,(H2,26,35)(H,28,29,30). The molecule has 0 radical (unpaired) electrons. The molecule has 1 aliphatic rings. The number of carbonyl (C=O) groups excluding carboxylic acids is 1. The fraction of sp³-hybridized carbons (Fsp3) is 0.320. The normalized spacial score (nSPS) is 19.4. The maximum atomic E-state index is 12.2. The van der Waals surface area contributed by atoms with Crippen LogP contribution in [0.25, 0.3) is 16.7 Å². The van der Waals surface area contributed by atoms with Gasteiger partial charge in [0.2, 0.25) is 5.95 Å². The summed E-state index contributed by atoms with van der Waals surface area (Å²) in [5.41, 5.74) is 11.4. The first-order chi connectivity index (χ1) is 18.0. The lowest BCUT2D eigenvalue weighted by molar-refractivity contribution is -0.560. The number of amides is 1. The topological polar surface area (TPSA) is 171 Å². The molecule has 13 nitrogen and oxygen atoms in total. The molecular formula is C25H31N9O4. The molecule has 38 heavy (non-hydrogen) atoms. The number of carbonyl (C=O) groups is 1. The zero-order chi connectivity index (χ0) is 27.6. The van der Waals surface area contributed by atoms with Crippen molar-refractivity contribution in [1.29, 1.82) is 0 Å². The molecule has 4 rings (SSSR count). The number of primary amides is 1. The second-order valence-electron chi connectivity index (χ2n) is 9.32. The van der Waals surface area contributed by atoms with Gasteiger partial charge in [-0.15, -0.1) is 0 Å². The maximum Gasteiger partial charge on any atom is 0.312 e. The van der Waals surface area contributed by atoms with E-state index in [2.05, 4.69) is 15.3 Å². The molecule has 0 bridgehead atoms. The Bertz CT molecular complexity index is 1430. The fourth-order valence-corrected chi connectivity index (χ4v) is 4.40. The summed E-state index contributed by atoms with van der Waals surface area (Å²) in [5.74, 6) is 0.421. The number of rotatable bonds is 10. The Kier molecular flexibility index (Phi) is 7.44. The van der Waals surface area contributed by atoms with Crippen molar-refractivity contribution in [2.24, 2.45) is 11.5 Å². The minimum atomic E-state index is -1.93. The third-order valence-corrected chi connectivity index (χ3v) is 6.45. The number of fused-ring (bicyclic) bond motifs is 1. The van der Waals surface area contributed by atoms with Crippen LogP contribution in [-0.4, -0.2) is 88.2 Å². The summed E-state index contributed by atoms with van der Waals surface area (Å²) >= 11 is 0. The highest BCUT2D eigenvalue weighted by Gasteiger charge is 2.49. The number of aromatic nitrogens is 3. The number of para-hydroxylation sites is 1. The van der Waals surface area contributed by atoms with E-state index in [-0.39, 0.29) is 11.6 Å². The van der Waals surface area contributed by atoms with Crippen LogP contribution in [0, 0.1) is 10.1 Å². The van der Waals surface area contributed by atoms with E-state index in [1.165, 1.54) is 19.4 Å². The third kappa shape index (κ3) is 5.07. The molecule has 13 heteroatoms. The molecule has 1 amide bonds. The molecule has 5 N–H and O–H groups in total. The fourth-order valence-electron chi connectivity index (χ4n) is 4.40. The van der Waals surface area contributed by atoms with E-state index >= 15 is 0 Å². The summed E-state index contributed by atoms with van der Waals surface area (Å²) in [6.45, 7) is 1.25. The van der Waals surface area contributed by atoms with Gasteiger partial charge in [0.1, 0.15) is 17.6 Å². The molecule has 1 aromatic carbocycles. The van der Waals surface area contributed by atoms with E-state index in [1.807, 2.05) is 42.1 Å². The molecule has 2 heterocycles. The molecule has 0 saturated carbocycles. The second-order valence-corrected chi connectivity index (χ2v) is 9.32. The molecule has 0 saturated heterocycles. The van der Waals surface area contributed by atoms with E-state index in [1.54, 1.807) is 36.0 Å². The van der Waals surface area contributed by atoms with Crippen molar-refractivity contribution in [1.82, 2.24) is 24.3 Å². The van der Waals surface area contributed by atoms with Crippen LogP contribution in [0.4, 0.5) is 5.95 Å². The highest BCUT2D eigenvalue weighted by Crippen LogP contribution is 2.30.